The molecule has 2 aliphatic heterocycles. The van der Waals surface area contributed by atoms with E-state index >= 15 is 0 Å². The first-order valence-corrected chi connectivity index (χ1v) is 6.50. The lowest BCUT2D eigenvalue weighted by Gasteiger charge is -2.25. The lowest BCUT2D eigenvalue weighted by atomic mass is 9.99. The third kappa shape index (κ3) is 1.97. The summed E-state index contributed by atoms with van der Waals surface area (Å²) >= 11 is 0. The van der Waals surface area contributed by atoms with Crippen molar-refractivity contribution in [2.24, 2.45) is 0 Å². The monoisotopic (exact) mass is 283 g/mol. The van der Waals surface area contributed by atoms with Crippen LogP contribution >= 0.6 is 0 Å². The molecule has 0 saturated heterocycles. The number of halogens is 2. The molecular weight excluding hydrogens is 268 g/mol. The summed E-state index contributed by atoms with van der Waals surface area (Å²) in [5.74, 6) is -3.03. The fourth-order valence-electron chi connectivity index (χ4n) is 2.91. The number of hydrogen-bond acceptors (Lipinski definition) is 2. The number of allylic oxidation sites excluding steroid dienone is 1. The molecule has 1 amide bonds. The van der Waals surface area contributed by atoms with Crippen molar-refractivity contribution in [3.8, 4) is 0 Å². The molecular formula is C13H15F2N3O2. The topological polar surface area (TPSA) is 58.4 Å². The minimum Gasteiger partial charge on any atom is -0.465 e. The summed E-state index contributed by atoms with van der Waals surface area (Å²) in [6.45, 7) is 4.33. The van der Waals surface area contributed by atoms with E-state index in [1.807, 2.05) is 0 Å². The molecule has 1 aromatic heterocycles. The molecule has 1 aromatic rings. The number of hydrogen-bond donors (Lipinski definition) is 1. The highest BCUT2D eigenvalue weighted by Gasteiger charge is 2.43. The van der Waals surface area contributed by atoms with Gasteiger partial charge in [0.2, 0.25) is 0 Å². The summed E-state index contributed by atoms with van der Waals surface area (Å²) in [5, 5.41) is 13.3. The van der Waals surface area contributed by atoms with Gasteiger partial charge < -0.3 is 10.0 Å². The first-order valence-electron chi connectivity index (χ1n) is 6.50. The second-order valence-electron chi connectivity index (χ2n) is 5.33. The van der Waals surface area contributed by atoms with E-state index in [-0.39, 0.29) is 12.2 Å². The summed E-state index contributed by atoms with van der Waals surface area (Å²) in [6.07, 6.45) is -0.611. The maximum atomic E-state index is 14.4. The Morgan fingerprint density at radius 3 is 2.80 bits per heavy atom. The van der Waals surface area contributed by atoms with Crippen molar-refractivity contribution in [1.29, 1.82) is 0 Å². The van der Waals surface area contributed by atoms with E-state index in [9.17, 15) is 13.6 Å². The molecule has 2 aliphatic rings. The van der Waals surface area contributed by atoms with Crippen LogP contribution in [0.25, 0.3) is 0 Å². The first-order chi connectivity index (χ1) is 9.38. The Bertz CT molecular complexity index is 595. The fraction of sp³-hybridized carbons (Fsp3) is 0.538. The van der Waals surface area contributed by atoms with Crippen molar-refractivity contribution in [2.45, 2.75) is 38.3 Å². The van der Waals surface area contributed by atoms with Crippen molar-refractivity contribution in [3.63, 3.8) is 0 Å². The lowest BCUT2D eigenvalue weighted by molar-refractivity contribution is -0.0112. The number of nitrogens with zero attached hydrogens (tertiary/aromatic N) is 3. The number of amides is 1. The zero-order valence-corrected chi connectivity index (χ0v) is 10.9. The van der Waals surface area contributed by atoms with Crippen LogP contribution in [0.1, 0.15) is 29.8 Å². The molecule has 0 spiro atoms. The SMILES string of the molecule is C=C1CCn2nc3c(c2C(F)(F)C1)CN(C(=O)O)CC3. The van der Waals surface area contributed by atoms with Crippen molar-refractivity contribution in [1.82, 2.24) is 14.7 Å². The number of alkyl halides is 2. The quantitative estimate of drug-likeness (QED) is 0.744. The van der Waals surface area contributed by atoms with E-state index in [1.165, 1.54) is 4.68 Å². The largest absolute Gasteiger partial charge is 0.465 e. The minimum absolute atomic E-state index is 0.0118. The van der Waals surface area contributed by atoms with Crippen LogP contribution < -0.4 is 0 Å². The Hall–Kier alpha value is -1.92. The molecule has 7 heteroatoms. The van der Waals surface area contributed by atoms with Crippen molar-refractivity contribution >= 4 is 6.09 Å². The van der Waals surface area contributed by atoms with Crippen LogP contribution in [0.3, 0.4) is 0 Å². The normalized spacial score (nSPS) is 21.1. The zero-order valence-electron chi connectivity index (χ0n) is 10.9. The third-order valence-corrected chi connectivity index (χ3v) is 3.87. The Balaban J connectivity index is 2.07. The van der Waals surface area contributed by atoms with Gasteiger partial charge in [-0.25, -0.2) is 4.79 Å². The Labute approximate surface area is 114 Å². The molecule has 0 unspecified atom stereocenters. The van der Waals surface area contributed by atoms with Crippen molar-refractivity contribution in [2.75, 3.05) is 6.54 Å². The zero-order chi connectivity index (χ0) is 14.5. The van der Waals surface area contributed by atoms with Crippen LogP contribution in [0.2, 0.25) is 0 Å². The van der Waals surface area contributed by atoms with Gasteiger partial charge >= 0.3 is 6.09 Å². The van der Waals surface area contributed by atoms with E-state index in [0.717, 1.165) is 4.90 Å². The fourth-order valence-corrected chi connectivity index (χ4v) is 2.91. The molecule has 5 nitrogen and oxygen atoms in total. The molecule has 0 aromatic carbocycles. The van der Waals surface area contributed by atoms with Gasteiger partial charge in [-0.15, -0.1) is 0 Å². The first kappa shape index (κ1) is 13.1. The number of carbonyl (C=O) groups is 1. The van der Waals surface area contributed by atoms with E-state index in [0.29, 0.717) is 42.8 Å². The molecule has 3 heterocycles. The number of fused-ring (bicyclic) bond motifs is 3. The highest BCUT2D eigenvalue weighted by atomic mass is 19.3. The van der Waals surface area contributed by atoms with Gasteiger partial charge in [-0.1, -0.05) is 12.2 Å². The third-order valence-electron chi connectivity index (χ3n) is 3.87. The number of carboxylic acid groups (broad SMARTS) is 1. The molecule has 0 bridgehead atoms. The summed E-state index contributed by atoms with van der Waals surface area (Å²) in [7, 11) is 0. The summed E-state index contributed by atoms with van der Waals surface area (Å²) in [6, 6.07) is 0. The summed E-state index contributed by atoms with van der Waals surface area (Å²) < 4.78 is 30.1. The molecule has 3 rings (SSSR count). The Kier molecular flexibility index (Phi) is 2.81. The summed E-state index contributed by atoms with van der Waals surface area (Å²) in [4.78, 5) is 12.2. The van der Waals surface area contributed by atoms with E-state index in [4.69, 9.17) is 5.11 Å². The Morgan fingerprint density at radius 2 is 2.10 bits per heavy atom. The predicted octanol–water partition coefficient (Wildman–Crippen LogP) is 2.36. The number of rotatable bonds is 0. The van der Waals surface area contributed by atoms with Gasteiger partial charge in [0, 0.05) is 31.5 Å². The second-order valence-corrected chi connectivity index (χ2v) is 5.33. The predicted molar refractivity (Wildman–Crippen MR) is 66.6 cm³/mol. The standard InChI is InChI=1S/C13H15F2N3O2/c1-8-2-5-18-11(13(14,15)6-8)9-7-17(12(19)20)4-3-10(9)16-18/h1-7H2,(H,19,20). The van der Waals surface area contributed by atoms with Gasteiger partial charge in [-0.3, -0.25) is 4.68 Å². The summed E-state index contributed by atoms with van der Waals surface area (Å²) in [5.41, 5.74) is 1.35. The van der Waals surface area contributed by atoms with Gasteiger partial charge in [-0.2, -0.15) is 13.9 Å². The van der Waals surface area contributed by atoms with Gasteiger partial charge in [0.15, 0.2) is 0 Å². The van der Waals surface area contributed by atoms with Crippen LogP contribution in [-0.4, -0.2) is 32.4 Å². The van der Waals surface area contributed by atoms with Gasteiger partial charge in [-0.05, 0) is 6.42 Å². The van der Waals surface area contributed by atoms with E-state index in [2.05, 4.69) is 11.7 Å². The molecule has 1 N–H and O–H groups in total. The van der Waals surface area contributed by atoms with E-state index < -0.39 is 18.4 Å². The lowest BCUT2D eigenvalue weighted by Crippen LogP contribution is -2.35. The molecule has 0 radical (unpaired) electrons. The highest BCUT2D eigenvalue weighted by Crippen LogP contribution is 2.41. The minimum atomic E-state index is -3.03. The Morgan fingerprint density at radius 1 is 1.35 bits per heavy atom. The molecule has 0 aliphatic carbocycles. The maximum Gasteiger partial charge on any atom is 0.407 e. The van der Waals surface area contributed by atoms with Crippen LogP contribution in [-0.2, 0) is 25.4 Å². The number of aryl methyl sites for hydroxylation is 1. The molecule has 20 heavy (non-hydrogen) atoms. The molecule has 0 fully saturated rings. The van der Waals surface area contributed by atoms with Crippen LogP contribution in [0, 0.1) is 0 Å². The van der Waals surface area contributed by atoms with Gasteiger partial charge in [0.05, 0.1) is 12.2 Å². The van der Waals surface area contributed by atoms with Crippen molar-refractivity contribution in [3.05, 3.63) is 29.1 Å². The van der Waals surface area contributed by atoms with Gasteiger partial charge in [0.25, 0.3) is 5.92 Å². The second kappa shape index (κ2) is 4.29. The van der Waals surface area contributed by atoms with Crippen LogP contribution in [0.4, 0.5) is 13.6 Å². The number of aromatic nitrogens is 2. The van der Waals surface area contributed by atoms with Crippen LogP contribution in [0.15, 0.2) is 12.2 Å². The smallest absolute Gasteiger partial charge is 0.407 e. The average Bonchev–Trinajstić information content (AvgIpc) is 2.68. The molecule has 0 saturated carbocycles. The van der Waals surface area contributed by atoms with Crippen LogP contribution in [0.5, 0.6) is 0 Å². The molecule has 0 atom stereocenters. The van der Waals surface area contributed by atoms with Crippen molar-refractivity contribution < 1.29 is 18.7 Å². The molecule has 108 valence electrons. The average molecular weight is 283 g/mol. The van der Waals surface area contributed by atoms with Gasteiger partial charge in [0.1, 0.15) is 5.69 Å². The van der Waals surface area contributed by atoms with E-state index in [1.54, 1.807) is 0 Å². The maximum absolute atomic E-state index is 14.4. The highest BCUT2D eigenvalue weighted by molar-refractivity contribution is 5.65.